The quantitative estimate of drug-likeness (QED) is 0.846. The maximum Gasteiger partial charge on any atom is 0.263 e. The predicted molar refractivity (Wildman–Crippen MR) is 103 cm³/mol. The van der Waals surface area contributed by atoms with Crippen LogP contribution in [0.5, 0.6) is 23.0 Å². The zero-order chi connectivity index (χ0) is 20.4. The summed E-state index contributed by atoms with van der Waals surface area (Å²) in [7, 11) is 0. The smallest absolute Gasteiger partial charge is 0.263 e. The molecule has 2 amide bonds. The number of benzene rings is 2. The van der Waals surface area contributed by atoms with Crippen LogP contribution in [0, 0.1) is 0 Å². The summed E-state index contributed by atoms with van der Waals surface area (Å²) < 4.78 is 16.3. The van der Waals surface area contributed by atoms with E-state index in [0.29, 0.717) is 49.0 Å². The Balaban J connectivity index is 1.32. The summed E-state index contributed by atoms with van der Waals surface area (Å²) in [5.41, 5.74) is 0.540. The number of amides is 2. The van der Waals surface area contributed by atoms with Crippen LogP contribution < -0.4 is 14.2 Å². The van der Waals surface area contributed by atoms with Crippen LogP contribution in [0.2, 0.25) is 0 Å². The number of fused-ring (bicyclic) bond motifs is 1. The second-order valence-corrected chi connectivity index (χ2v) is 6.94. The molecule has 4 rings (SSSR count). The van der Waals surface area contributed by atoms with Gasteiger partial charge >= 0.3 is 0 Å². The number of carbonyl (C=O) groups is 2. The molecule has 1 saturated heterocycles. The molecule has 0 saturated carbocycles. The van der Waals surface area contributed by atoms with Gasteiger partial charge in [0.25, 0.3) is 11.8 Å². The molecule has 1 fully saturated rings. The van der Waals surface area contributed by atoms with Gasteiger partial charge in [-0.25, -0.2) is 0 Å². The lowest BCUT2D eigenvalue weighted by Crippen LogP contribution is -2.53. The number of hydrogen-bond acceptors (Lipinski definition) is 6. The Morgan fingerprint density at radius 2 is 1.62 bits per heavy atom. The molecule has 0 aromatic heterocycles. The van der Waals surface area contributed by atoms with Gasteiger partial charge in [-0.15, -0.1) is 0 Å². The SMILES string of the molecule is CC(Oc1ccc(O)cc1)C(=O)N1CCN(C(=O)c2ccc3c(c2)OCO3)CC1. The molecule has 2 aromatic rings. The van der Waals surface area contributed by atoms with E-state index in [1.54, 1.807) is 47.1 Å². The van der Waals surface area contributed by atoms with Crippen molar-refractivity contribution in [3.63, 3.8) is 0 Å². The van der Waals surface area contributed by atoms with Crippen molar-refractivity contribution in [2.45, 2.75) is 13.0 Å². The monoisotopic (exact) mass is 398 g/mol. The molecule has 1 atom stereocenters. The van der Waals surface area contributed by atoms with Gasteiger partial charge in [0.05, 0.1) is 0 Å². The van der Waals surface area contributed by atoms with Crippen molar-refractivity contribution in [3.8, 4) is 23.0 Å². The van der Waals surface area contributed by atoms with Crippen molar-refractivity contribution in [1.29, 1.82) is 0 Å². The van der Waals surface area contributed by atoms with E-state index in [2.05, 4.69) is 0 Å². The molecular formula is C21H22N2O6. The average Bonchev–Trinajstić information content (AvgIpc) is 3.22. The van der Waals surface area contributed by atoms with Crippen molar-refractivity contribution >= 4 is 11.8 Å². The molecule has 29 heavy (non-hydrogen) atoms. The number of carbonyl (C=O) groups excluding carboxylic acids is 2. The minimum atomic E-state index is -0.657. The van der Waals surface area contributed by atoms with Gasteiger partial charge < -0.3 is 29.1 Å². The molecule has 2 heterocycles. The summed E-state index contributed by atoms with van der Waals surface area (Å²) >= 11 is 0. The van der Waals surface area contributed by atoms with Crippen molar-refractivity contribution in [2.24, 2.45) is 0 Å². The second-order valence-electron chi connectivity index (χ2n) is 6.94. The molecule has 0 aliphatic carbocycles. The molecule has 2 aliphatic heterocycles. The fourth-order valence-corrected chi connectivity index (χ4v) is 3.38. The van der Waals surface area contributed by atoms with Crippen LogP contribution >= 0.6 is 0 Å². The zero-order valence-corrected chi connectivity index (χ0v) is 16.0. The Kier molecular flexibility index (Phi) is 5.16. The van der Waals surface area contributed by atoms with Crippen LogP contribution in [0.25, 0.3) is 0 Å². The van der Waals surface area contributed by atoms with Crippen molar-refractivity contribution in [2.75, 3.05) is 33.0 Å². The maximum atomic E-state index is 12.8. The highest BCUT2D eigenvalue weighted by Gasteiger charge is 2.29. The normalized spacial score (nSPS) is 16.4. The summed E-state index contributed by atoms with van der Waals surface area (Å²) in [4.78, 5) is 28.9. The number of nitrogens with zero attached hydrogens (tertiary/aromatic N) is 2. The van der Waals surface area contributed by atoms with E-state index in [1.807, 2.05) is 0 Å². The summed E-state index contributed by atoms with van der Waals surface area (Å²) in [6.45, 7) is 3.64. The first-order valence-electron chi connectivity index (χ1n) is 9.44. The largest absolute Gasteiger partial charge is 0.508 e. The third-order valence-electron chi connectivity index (χ3n) is 5.00. The molecule has 2 aliphatic rings. The third-order valence-corrected chi connectivity index (χ3v) is 5.00. The van der Waals surface area contributed by atoms with Crippen LogP contribution in [-0.2, 0) is 4.79 Å². The van der Waals surface area contributed by atoms with Gasteiger partial charge in [-0.3, -0.25) is 9.59 Å². The standard InChI is InChI=1S/C21H22N2O6/c1-14(29-17-5-3-16(24)4-6-17)20(25)22-8-10-23(11-9-22)21(26)15-2-7-18-19(12-15)28-13-27-18/h2-7,12,14,24H,8-11,13H2,1H3. The molecule has 0 radical (unpaired) electrons. The van der Waals surface area contributed by atoms with Crippen LogP contribution in [0.4, 0.5) is 0 Å². The van der Waals surface area contributed by atoms with Gasteiger partial charge in [0, 0.05) is 31.7 Å². The summed E-state index contributed by atoms with van der Waals surface area (Å²) in [6.07, 6.45) is -0.657. The highest BCUT2D eigenvalue weighted by Crippen LogP contribution is 2.32. The van der Waals surface area contributed by atoms with Crippen LogP contribution in [0.1, 0.15) is 17.3 Å². The van der Waals surface area contributed by atoms with E-state index in [9.17, 15) is 14.7 Å². The van der Waals surface area contributed by atoms with Gasteiger partial charge in [-0.2, -0.15) is 0 Å². The average molecular weight is 398 g/mol. The summed E-state index contributed by atoms with van der Waals surface area (Å²) in [5, 5.41) is 9.33. The predicted octanol–water partition coefficient (Wildman–Crippen LogP) is 1.87. The number of piperazine rings is 1. The maximum absolute atomic E-state index is 12.8. The minimum absolute atomic E-state index is 0.0937. The summed E-state index contributed by atoms with van der Waals surface area (Å²) in [6, 6.07) is 11.4. The van der Waals surface area contributed by atoms with Crippen LogP contribution in [0.15, 0.2) is 42.5 Å². The fraction of sp³-hybridized carbons (Fsp3) is 0.333. The van der Waals surface area contributed by atoms with E-state index >= 15 is 0 Å². The number of rotatable bonds is 4. The van der Waals surface area contributed by atoms with Crippen LogP contribution in [-0.4, -0.2) is 65.8 Å². The van der Waals surface area contributed by atoms with E-state index in [-0.39, 0.29) is 24.4 Å². The van der Waals surface area contributed by atoms with Gasteiger partial charge in [0.1, 0.15) is 11.5 Å². The Morgan fingerprint density at radius 1 is 0.966 bits per heavy atom. The Morgan fingerprint density at radius 3 is 2.34 bits per heavy atom. The van der Waals surface area contributed by atoms with Gasteiger partial charge in [0.2, 0.25) is 6.79 Å². The van der Waals surface area contributed by atoms with E-state index < -0.39 is 6.10 Å². The Bertz CT molecular complexity index is 906. The highest BCUT2D eigenvalue weighted by atomic mass is 16.7. The van der Waals surface area contributed by atoms with Crippen molar-refractivity contribution in [1.82, 2.24) is 9.80 Å². The second kappa shape index (κ2) is 7.90. The molecule has 8 nitrogen and oxygen atoms in total. The molecule has 8 heteroatoms. The molecule has 152 valence electrons. The van der Waals surface area contributed by atoms with Crippen molar-refractivity contribution < 1.29 is 28.9 Å². The van der Waals surface area contributed by atoms with E-state index in [0.717, 1.165) is 0 Å². The molecular weight excluding hydrogens is 376 g/mol. The van der Waals surface area contributed by atoms with Gasteiger partial charge in [-0.1, -0.05) is 0 Å². The number of ether oxygens (including phenoxy) is 3. The molecule has 1 N–H and O–H groups in total. The first-order valence-corrected chi connectivity index (χ1v) is 9.44. The number of hydrogen-bond donors (Lipinski definition) is 1. The highest BCUT2D eigenvalue weighted by molar-refractivity contribution is 5.95. The van der Waals surface area contributed by atoms with E-state index in [4.69, 9.17) is 14.2 Å². The molecule has 0 bridgehead atoms. The third kappa shape index (κ3) is 4.06. The lowest BCUT2D eigenvalue weighted by Gasteiger charge is -2.36. The first kappa shape index (κ1) is 18.9. The number of phenols is 1. The Hall–Kier alpha value is -3.42. The lowest BCUT2D eigenvalue weighted by atomic mass is 10.1. The Labute approximate surface area is 168 Å². The topological polar surface area (TPSA) is 88.5 Å². The van der Waals surface area contributed by atoms with Gasteiger partial charge in [0.15, 0.2) is 17.6 Å². The number of phenolic OH excluding ortho intramolecular Hbond substituents is 1. The van der Waals surface area contributed by atoms with Crippen molar-refractivity contribution in [3.05, 3.63) is 48.0 Å². The number of aromatic hydroxyl groups is 1. The minimum Gasteiger partial charge on any atom is -0.508 e. The molecule has 0 spiro atoms. The van der Waals surface area contributed by atoms with Gasteiger partial charge in [-0.05, 0) is 49.4 Å². The fourth-order valence-electron chi connectivity index (χ4n) is 3.38. The first-order chi connectivity index (χ1) is 14.0. The zero-order valence-electron chi connectivity index (χ0n) is 16.0. The molecule has 1 unspecified atom stereocenters. The lowest BCUT2D eigenvalue weighted by molar-refractivity contribution is -0.139. The summed E-state index contributed by atoms with van der Waals surface area (Å²) in [5.74, 6) is 1.64. The van der Waals surface area contributed by atoms with E-state index in [1.165, 1.54) is 12.1 Å². The van der Waals surface area contributed by atoms with Crippen LogP contribution in [0.3, 0.4) is 0 Å². The molecule has 2 aromatic carbocycles.